The molecule has 0 saturated carbocycles. The average molecular weight is 224 g/mol. The summed E-state index contributed by atoms with van der Waals surface area (Å²) in [7, 11) is 0. The topological polar surface area (TPSA) is 46.4 Å². The molecule has 2 rings (SSSR count). The van der Waals surface area contributed by atoms with Crippen LogP contribution in [0, 0.1) is 0 Å². The van der Waals surface area contributed by atoms with E-state index in [0.717, 1.165) is 38.5 Å². The molecule has 90 valence electrons. The molecular formula is C12H20N2O2. The predicted molar refractivity (Wildman–Crippen MR) is 62.2 cm³/mol. The lowest BCUT2D eigenvalue weighted by Gasteiger charge is -2.26. The van der Waals surface area contributed by atoms with Gasteiger partial charge in [-0.3, -0.25) is 0 Å². The summed E-state index contributed by atoms with van der Waals surface area (Å²) in [5, 5.41) is 6.90. The molecule has 0 spiro atoms. The first-order chi connectivity index (χ1) is 7.84. The standard InChI is InChI=1S/C12H20N2O2/c1-10(7-11-9-15-6-4-13-11)14-8-12-3-2-5-16-12/h2-3,5,10-11,13-14H,4,6-9H2,1H3. The van der Waals surface area contributed by atoms with Gasteiger partial charge in [0.2, 0.25) is 0 Å². The van der Waals surface area contributed by atoms with Gasteiger partial charge in [0.15, 0.2) is 0 Å². The van der Waals surface area contributed by atoms with Crippen molar-refractivity contribution in [2.24, 2.45) is 0 Å². The molecule has 16 heavy (non-hydrogen) atoms. The van der Waals surface area contributed by atoms with E-state index in [1.54, 1.807) is 6.26 Å². The lowest BCUT2D eigenvalue weighted by molar-refractivity contribution is 0.0711. The van der Waals surface area contributed by atoms with E-state index in [0.29, 0.717) is 12.1 Å². The zero-order valence-corrected chi connectivity index (χ0v) is 9.74. The number of rotatable bonds is 5. The van der Waals surface area contributed by atoms with E-state index in [1.165, 1.54) is 0 Å². The van der Waals surface area contributed by atoms with E-state index >= 15 is 0 Å². The van der Waals surface area contributed by atoms with E-state index in [4.69, 9.17) is 9.15 Å². The van der Waals surface area contributed by atoms with Crippen LogP contribution in [0.5, 0.6) is 0 Å². The van der Waals surface area contributed by atoms with Gasteiger partial charge in [-0.2, -0.15) is 0 Å². The van der Waals surface area contributed by atoms with Gasteiger partial charge in [-0.25, -0.2) is 0 Å². The Morgan fingerprint density at radius 1 is 1.62 bits per heavy atom. The molecule has 4 heteroatoms. The van der Waals surface area contributed by atoms with Crippen LogP contribution >= 0.6 is 0 Å². The van der Waals surface area contributed by atoms with Crippen molar-refractivity contribution < 1.29 is 9.15 Å². The van der Waals surface area contributed by atoms with Gasteiger partial charge < -0.3 is 19.8 Å². The number of hydrogen-bond donors (Lipinski definition) is 2. The van der Waals surface area contributed by atoms with Crippen LogP contribution in [0.3, 0.4) is 0 Å². The molecule has 0 radical (unpaired) electrons. The molecule has 2 unspecified atom stereocenters. The third-order valence-corrected chi connectivity index (χ3v) is 2.84. The van der Waals surface area contributed by atoms with Crippen molar-refractivity contribution >= 4 is 0 Å². The third-order valence-electron chi connectivity index (χ3n) is 2.84. The second-order valence-corrected chi connectivity index (χ2v) is 4.32. The van der Waals surface area contributed by atoms with Gasteiger partial charge in [0.05, 0.1) is 26.0 Å². The summed E-state index contributed by atoms with van der Waals surface area (Å²) in [6.07, 6.45) is 2.79. The minimum absolute atomic E-state index is 0.462. The first-order valence-electron chi connectivity index (χ1n) is 5.91. The molecule has 1 aromatic rings. The minimum Gasteiger partial charge on any atom is -0.468 e. The van der Waals surface area contributed by atoms with Crippen molar-refractivity contribution in [1.82, 2.24) is 10.6 Å². The SMILES string of the molecule is CC(CC1COCCN1)NCc1ccco1. The fourth-order valence-corrected chi connectivity index (χ4v) is 1.97. The Bertz CT molecular complexity index is 281. The van der Waals surface area contributed by atoms with Gasteiger partial charge in [-0.1, -0.05) is 0 Å². The van der Waals surface area contributed by atoms with Crippen LogP contribution in [0.25, 0.3) is 0 Å². The summed E-state index contributed by atoms with van der Waals surface area (Å²) in [6, 6.07) is 4.84. The first kappa shape index (κ1) is 11.6. The molecule has 1 aliphatic heterocycles. The van der Waals surface area contributed by atoms with E-state index in [-0.39, 0.29) is 0 Å². The smallest absolute Gasteiger partial charge is 0.117 e. The summed E-state index contributed by atoms with van der Waals surface area (Å²) in [4.78, 5) is 0. The maximum Gasteiger partial charge on any atom is 0.117 e. The van der Waals surface area contributed by atoms with E-state index in [9.17, 15) is 0 Å². The van der Waals surface area contributed by atoms with Crippen molar-refractivity contribution in [2.75, 3.05) is 19.8 Å². The molecule has 1 fully saturated rings. The number of hydrogen-bond acceptors (Lipinski definition) is 4. The zero-order valence-electron chi connectivity index (χ0n) is 9.74. The predicted octanol–water partition coefficient (Wildman–Crippen LogP) is 1.14. The second-order valence-electron chi connectivity index (χ2n) is 4.32. The number of morpholine rings is 1. The van der Waals surface area contributed by atoms with E-state index < -0.39 is 0 Å². The largest absolute Gasteiger partial charge is 0.468 e. The molecular weight excluding hydrogens is 204 g/mol. The molecule has 2 heterocycles. The van der Waals surface area contributed by atoms with Crippen LogP contribution in [-0.2, 0) is 11.3 Å². The Labute approximate surface area is 96.4 Å². The molecule has 1 aromatic heterocycles. The van der Waals surface area contributed by atoms with E-state index in [2.05, 4.69) is 17.6 Å². The van der Waals surface area contributed by atoms with Gasteiger partial charge in [0.25, 0.3) is 0 Å². The maximum absolute atomic E-state index is 5.42. The van der Waals surface area contributed by atoms with Crippen LogP contribution in [0.15, 0.2) is 22.8 Å². The maximum atomic E-state index is 5.42. The molecule has 0 aromatic carbocycles. The van der Waals surface area contributed by atoms with Crippen LogP contribution in [0.4, 0.5) is 0 Å². The summed E-state index contributed by atoms with van der Waals surface area (Å²) in [6.45, 7) is 5.62. The quantitative estimate of drug-likeness (QED) is 0.787. The Balaban J connectivity index is 1.65. The Kier molecular flexibility index (Phi) is 4.39. The van der Waals surface area contributed by atoms with Crippen molar-refractivity contribution in [3.8, 4) is 0 Å². The number of nitrogens with one attached hydrogen (secondary N) is 2. The number of ether oxygens (including phenoxy) is 1. The van der Waals surface area contributed by atoms with Crippen LogP contribution < -0.4 is 10.6 Å². The average Bonchev–Trinajstić information content (AvgIpc) is 2.81. The molecule has 0 bridgehead atoms. The summed E-state index contributed by atoms with van der Waals surface area (Å²) >= 11 is 0. The molecule has 2 N–H and O–H groups in total. The molecule has 0 aliphatic carbocycles. The second kappa shape index (κ2) is 6.03. The van der Waals surface area contributed by atoms with Crippen molar-refractivity contribution in [2.45, 2.75) is 32.0 Å². The fourth-order valence-electron chi connectivity index (χ4n) is 1.97. The van der Waals surface area contributed by atoms with Crippen molar-refractivity contribution in [1.29, 1.82) is 0 Å². The van der Waals surface area contributed by atoms with Gasteiger partial charge in [-0.15, -0.1) is 0 Å². The molecule has 0 amide bonds. The van der Waals surface area contributed by atoms with Gasteiger partial charge in [0.1, 0.15) is 5.76 Å². The van der Waals surface area contributed by atoms with Gasteiger partial charge >= 0.3 is 0 Å². The highest BCUT2D eigenvalue weighted by molar-refractivity contribution is 4.97. The highest BCUT2D eigenvalue weighted by Crippen LogP contribution is 2.04. The third kappa shape index (κ3) is 3.63. The monoisotopic (exact) mass is 224 g/mol. The van der Waals surface area contributed by atoms with Crippen LogP contribution in [-0.4, -0.2) is 31.8 Å². The Morgan fingerprint density at radius 3 is 3.25 bits per heavy atom. The van der Waals surface area contributed by atoms with E-state index in [1.807, 2.05) is 12.1 Å². The highest BCUT2D eigenvalue weighted by Gasteiger charge is 2.15. The molecule has 4 nitrogen and oxygen atoms in total. The minimum atomic E-state index is 0.462. The van der Waals surface area contributed by atoms with Crippen LogP contribution in [0.1, 0.15) is 19.1 Å². The lowest BCUT2D eigenvalue weighted by Crippen LogP contribution is -2.44. The number of furan rings is 1. The molecule has 1 aliphatic rings. The lowest BCUT2D eigenvalue weighted by atomic mass is 10.1. The summed E-state index contributed by atoms with van der Waals surface area (Å²) in [5.74, 6) is 0.986. The molecule has 2 atom stereocenters. The van der Waals surface area contributed by atoms with Crippen LogP contribution in [0.2, 0.25) is 0 Å². The Hall–Kier alpha value is -0.840. The zero-order chi connectivity index (χ0) is 11.2. The Morgan fingerprint density at radius 2 is 2.56 bits per heavy atom. The van der Waals surface area contributed by atoms with Crippen molar-refractivity contribution in [3.63, 3.8) is 0 Å². The van der Waals surface area contributed by atoms with Crippen molar-refractivity contribution in [3.05, 3.63) is 24.2 Å². The normalized spacial score (nSPS) is 23.2. The van der Waals surface area contributed by atoms with Gasteiger partial charge in [-0.05, 0) is 25.5 Å². The van der Waals surface area contributed by atoms with Gasteiger partial charge in [0, 0.05) is 18.6 Å². The summed E-state index contributed by atoms with van der Waals surface area (Å²) in [5.41, 5.74) is 0. The highest BCUT2D eigenvalue weighted by atomic mass is 16.5. The summed E-state index contributed by atoms with van der Waals surface area (Å²) < 4.78 is 10.7. The molecule has 1 saturated heterocycles. The first-order valence-corrected chi connectivity index (χ1v) is 5.91. The fraction of sp³-hybridized carbons (Fsp3) is 0.667.